The Kier molecular flexibility index (Phi) is 8.05. The molecule has 0 aliphatic rings. The van der Waals surface area contributed by atoms with Gasteiger partial charge in [-0.25, -0.2) is 4.79 Å². The Labute approximate surface area is 204 Å². The fourth-order valence-electron chi connectivity index (χ4n) is 3.00. The SMILES string of the molecule is COc1cc(/C=C(/NC(=O)c2ccccc2)C(=O)Nc2cc(C(=O)O)ccc2OC)ccc1Br. The van der Waals surface area contributed by atoms with Gasteiger partial charge in [-0.05, 0) is 70.0 Å². The smallest absolute Gasteiger partial charge is 0.335 e. The fourth-order valence-corrected chi connectivity index (χ4v) is 3.41. The van der Waals surface area contributed by atoms with Crippen molar-refractivity contribution in [3.8, 4) is 11.5 Å². The van der Waals surface area contributed by atoms with Gasteiger partial charge < -0.3 is 25.2 Å². The maximum absolute atomic E-state index is 13.2. The zero-order chi connectivity index (χ0) is 24.7. The lowest BCUT2D eigenvalue weighted by Gasteiger charge is -2.14. The largest absolute Gasteiger partial charge is 0.496 e. The highest BCUT2D eigenvalue weighted by molar-refractivity contribution is 9.10. The number of hydrogen-bond acceptors (Lipinski definition) is 5. The van der Waals surface area contributed by atoms with Crippen LogP contribution in [-0.4, -0.2) is 37.1 Å². The third-order valence-corrected chi connectivity index (χ3v) is 5.36. The molecule has 3 aromatic rings. The minimum Gasteiger partial charge on any atom is -0.496 e. The van der Waals surface area contributed by atoms with Gasteiger partial charge in [0.2, 0.25) is 0 Å². The van der Waals surface area contributed by atoms with Crippen LogP contribution >= 0.6 is 15.9 Å². The van der Waals surface area contributed by atoms with Crippen LogP contribution in [-0.2, 0) is 4.79 Å². The van der Waals surface area contributed by atoms with Crippen molar-refractivity contribution in [3.05, 3.63) is 93.6 Å². The van der Waals surface area contributed by atoms with Crippen LogP contribution in [0.1, 0.15) is 26.3 Å². The van der Waals surface area contributed by atoms with Gasteiger partial charge in [-0.1, -0.05) is 24.3 Å². The summed E-state index contributed by atoms with van der Waals surface area (Å²) in [5.41, 5.74) is 0.985. The summed E-state index contributed by atoms with van der Waals surface area (Å²) >= 11 is 3.38. The van der Waals surface area contributed by atoms with E-state index in [2.05, 4.69) is 26.6 Å². The first-order valence-corrected chi connectivity index (χ1v) is 10.8. The molecule has 0 aliphatic carbocycles. The molecular weight excluding hydrogens is 504 g/mol. The maximum atomic E-state index is 13.2. The standard InChI is InChI=1S/C25H21BrN2O6/c1-33-21-11-9-17(25(31)32)14-19(21)27-24(30)20(28-23(29)16-6-4-3-5-7-16)12-15-8-10-18(26)22(13-15)34-2/h3-14H,1-2H3,(H,27,30)(H,28,29)(H,31,32)/b20-12+. The van der Waals surface area contributed by atoms with Gasteiger partial charge in [0.1, 0.15) is 17.2 Å². The summed E-state index contributed by atoms with van der Waals surface area (Å²) in [6.07, 6.45) is 1.48. The first kappa shape index (κ1) is 24.5. The van der Waals surface area contributed by atoms with Crippen LogP contribution in [0.4, 0.5) is 5.69 Å². The lowest BCUT2D eigenvalue weighted by atomic mass is 10.1. The van der Waals surface area contributed by atoms with E-state index < -0.39 is 17.8 Å². The number of rotatable bonds is 8. The molecular formula is C25H21BrN2O6. The van der Waals surface area contributed by atoms with Crippen LogP contribution in [0.5, 0.6) is 11.5 Å². The number of methoxy groups -OCH3 is 2. The summed E-state index contributed by atoms with van der Waals surface area (Å²) in [6.45, 7) is 0. The average Bonchev–Trinajstić information content (AvgIpc) is 2.85. The van der Waals surface area contributed by atoms with Gasteiger partial charge in [0.15, 0.2) is 0 Å². The molecule has 3 aromatic carbocycles. The Morgan fingerprint density at radius 3 is 2.24 bits per heavy atom. The Hall–Kier alpha value is -4.11. The van der Waals surface area contributed by atoms with Crippen molar-refractivity contribution < 1.29 is 29.0 Å². The molecule has 0 radical (unpaired) electrons. The van der Waals surface area contributed by atoms with Crippen LogP contribution < -0.4 is 20.1 Å². The normalized spacial score (nSPS) is 10.9. The summed E-state index contributed by atoms with van der Waals surface area (Å²) in [4.78, 5) is 37.4. The van der Waals surface area contributed by atoms with Crippen molar-refractivity contribution in [3.63, 3.8) is 0 Å². The van der Waals surface area contributed by atoms with Crippen molar-refractivity contribution >= 4 is 45.5 Å². The van der Waals surface area contributed by atoms with Crippen molar-refractivity contribution in [1.82, 2.24) is 5.32 Å². The van der Waals surface area contributed by atoms with Crippen molar-refractivity contribution in [2.75, 3.05) is 19.5 Å². The Morgan fingerprint density at radius 2 is 1.59 bits per heavy atom. The van der Waals surface area contributed by atoms with E-state index in [0.717, 1.165) is 4.47 Å². The molecule has 2 amide bonds. The second kappa shape index (κ2) is 11.2. The number of carboxylic acids is 1. The summed E-state index contributed by atoms with van der Waals surface area (Å²) < 4.78 is 11.3. The fraction of sp³-hybridized carbons (Fsp3) is 0.0800. The number of carboxylic acid groups (broad SMARTS) is 1. The molecule has 9 heteroatoms. The van der Waals surface area contributed by atoms with Gasteiger partial charge in [-0.2, -0.15) is 0 Å². The number of benzene rings is 3. The van der Waals surface area contributed by atoms with E-state index in [0.29, 0.717) is 16.9 Å². The molecule has 0 atom stereocenters. The van der Waals surface area contributed by atoms with E-state index in [1.54, 1.807) is 48.5 Å². The molecule has 0 bridgehead atoms. The van der Waals surface area contributed by atoms with Gasteiger partial charge in [-0.3, -0.25) is 9.59 Å². The predicted octanol–water partition coefficient (Wildman–Crippen LogP) is 4.57. The highest BCUT2D eigenvalue weighted by atomic mass is 79.9. The molecule has 0 heterocycles. The molecule has 174 valence electrons. The highest BCUT2D eigenvalue weighted by Gasteiger charge is 2.18. The summed E-state index contributed by atoms with van der Waals surface area (Å²) in [5, 5.41) is 14.5. The van der Waals surface area contributed by atoms with Crippen LogP contribution in [0, 0.1) is 0 Å². The predicted molar refractivity (Wildman–Crippen MR) is 131 cm³/mol. The van der Waals surface area contributed by atoms with Gasteiger partial charge in [0, 0.05) is 5.56 Å². The number of carbonyl (C=O) groups is 3. The highest BCUT2D eigenvalue weighted by Crippen LogP contribution is 2.28. The number of nitrogens with one attached hydrogen (secondary N) is 2. The second-order valence-corrected chi connectivity index (χ2v) is 7.80. The minimum absolute atomic E-state index is 0.0346. The Balaban J connectivity index is 1.99. The number of hydrogen-bond donors (Lipinski definition) is 3. The molecule has 0 fully saturated rings. The summed E-state index contributed by atoms with van der Waals surface area (Å²) in [7, 11) is 2.91. The van der Waals surface area contributed by atoms with Crippen molar-refractivity contribution in [2.45, 2.75) is 0 Å². The number of aromatic carboxylic acids is 1. The zero-order valence-electron chi connectivity index (χ0n) is 18.3. The van der Waals surface area contributed by atoms with E-state index >= 15 is 0 Å². The molecule has 8 nitrogen and oxygen atoms in total. The minimum atomic E-state index is -1.16. The maximum Gasteiger partial charge on any atom is 0.335 e. The van der Waals surface area contributed by atoms with E-state index in [9.17, 15) is 19.5 Å². The lowest BCUT2D eigenvalue weighted by molar-refractivity contribution is -0.113. The molecule has 0 saturated heterocycles. The van der Waals surface area contributed by atoms with E-state index in [1.165, 1.54) is 38.5 Å². The Bertz CT molecular complexity index is 1260. The van der Waals surface area contributed by atoms with Crippen LogP contribution in [0.15, 0.2) is 76.9 Å². The average molecular weight is 525 g/mol. The van der Waals surface area contributed by atoms with Crippen molar-refractivity contribution in [2.24, 2.45) is 0 Å². The van der Waals surface area contributed by atoms with Crippen LogP contribution in [0.2, 0.25) is 0 Å². The molecule has 0 saturated carbocycles. The third-order valence-electron chi connectivity index (χ3n) is 4.71. The first-order valence-electron chi connectivity index (χ1n) is 9.96. The zero-order valence-corrected chi connectivity index (χ0v) is 19.9. The van der Waals surface area contributed by atoms with Crippen LogP contribution in [0.25, 0.3) is 6.08 Å². The number of amides is 2. The van der Waals surface area contributed by atoms with Crippen LogP contribution in [0.3, 0.4) is 0 Å². The third kappa shape index (κ3) is 6.02. The van der Waals surface area contributed by atoms with Gasteiger partial charge in [0.25, 0.3) is 11.8 Å². The van der Waals surface area contributed by atoms with E-state index in [-0.39, 0.29) is 22.7 Å². The van der Waals surface area contributed by atoms with E-state index in [4.69, 9.17) is 9.47 Å². The number of halogens is 1. The van der Waals surface area contributed by atoms with E-state index in [1.807, 2.05) is 0 Å². The lowest BCUT2D eigenvalue weighted by Crippen LogP contribution is -2.30. The molecule has 0 aliphatic heterocycles. The first-order chi connectivity index (χ1) is 16.3. The summed E-state index contributed by atoms with van der Waals surface area (Å²) in [6, 6.07) is 17.7. The second-order valence-electron chi connectivity index (χ2n) is 6.95. The molecule has 0 unspecified atom stereocenters. The van der Waals surface area contributed by atoms with Gasteiger partial charge in [0.05, 0.1) is 29.9 Å². The van der Waals surface area contributed by atoms with Crippen molar-refractivity contribution in [1.29, 1.82) is 0 Å². The molecule has 3 rings (SSSR count). The number of ether oxygens (including phenoxy) is 2. The number of carbonyl (C=O) groups excluding carboxylic acids is 2. The number of anilines is 1. The Morgan fingerprint density at radius 1 is 0.882 bits per heavy atom. The summed E-state index contributed by atoms with van der Waals surface area (Å²) in [5.74, 6) is -1.52. The van der Waals surface area contributed by atoms with Gasteiger partial charge in [-0.15, -0.1) is 0 Å². The molecule has 3 N–H and O–H groups in total. The monoisotopic (exact) mass is 524 g/mol. The molecule has 34 heavy (non-hydrogen) atoms. The topological polar surface area (TPSA) is 114 Å². The molecule has 0 spiro atoms. The quantitative estimate of drug-likeness (QED) is 0.372. The molecule has 0 aromatic heterocycles. The van der Waals surface area contributed by atoms with Gasteiger partial charge >= 0.3 is 5.97 Å².